The predicted octanol–water partition coefficient (Wildman–Crippen LogP) is 9.65. The summed E-state index contributed by atoms with van der Waals surface area (Å²) in [4.78, 5) is 123. The third-order valence-corrected chi connectivity index (χ3v) is 13.3. The molecule has 7 aromatic rings. The minimum absolute atomic E-state index is 0.00878. The second kappa shape index (κ2) is 15.7. The lowest BCUT2D eigenvalue weighted by molar-refractivity contribution is -0.137. The minimum Gasteiger partial charge on any atom is -0.478 e. The number of nitrogens with zero attached hydrogens (tertiary/aromatic N) is 4. The number of rotatable bonds is 7. The molecule has 0 unspecified atom stereocenters. The van der Waals surface area contributed by atoms with E-state index in [9.17, 15) is 61.4 Å². The lowest BCUT2D eigenvalue weighted by Crippen LogP contribution is -2.29. The number of aryl methyl sites for hydroxylation is 2. The minimum atomic E-state index is -4.99. The molecule has 0 radical (unpaired) electrons. The third kappa shape index (κ3) is 6.69. The highest BCUT2D eigenvalue weighted by Crippen LogP contribution is 2.44. The SMILES string of the molecule is Cc1cc(C(=O)O)cc(N2C(=O)c3ccc(-c4ccc5c(c4)C(=O)N(c4ccc(-c6ccc(N7C(=O)c8ccc(-c9ccc%10c(c9)C(=O)N(C)C%10=O)cc8C7=O)cc6C(F)(F)F)c(C)c4)C5=O)cc3C2=O)c1. The molecule has 0 spiro atoms. The Morgan fingerprint density at radius 3 is 1.19 bits per heavy atom. The smallest absolute Gasteiger partial charge is 0.417 e. The van der Waals surface area contributed by atoms with Crippen LogP contribution in [0, 0.1) is 13.8 Å². The number of carbonyl (C=O) groups is 9. The lowest BCUT2D eigenvalue weighted by atomic mass is 9.94. The van der Waals surface area contributed by atoms with Crippen LogP contribution in [-0.4, -0.2) is 70.3 Å². The van der Waals surface area contributed by atoms with E-state index in [1.165, 1.54) is 111 Å². The van der Waals surface area contributed by atoms with E-state index in [1.807, 2.05) is 0 Å². The normalized spacial score (nSPS) is 15.0. The van der Waals surface area contributed by atoms with Crippen LogP contribution >= 0.6 is 0 Å². The van der Waals surface area contributed by atoms with Gasteiger partial charge in [-0.1, -0.05) is 36.4 Å². The molecule has 0 fully saturated rings. The first-order valence-corrected chi connectivity index (χ1v) is 21.9. The van der Waals surface area contributed by atoms with Gasteiger partial charge in [0.15, 0.2) is 0 Å². The summed E-state index contributed by atoms with van der Waals surface area (Å²) in [7, 11) is 1.35. The summed E-state index contributed by atoms with van der Waals surface area (Å²) < 4.78 is 45.0. The van der Waals surface area contributed by atoms with Crippen LogP contribution in [-0.2, 0) is 6.18 Å². The number of aromatic carboxylic acids is 1. The highest BCUT2D eigenvalue weighted by molar-refractivity contribution is 6.37. The highest BCUT2D eigenvalue weighted by atomic mass is 19.4. The molecule has 17 heteroatoms. The summed E-state index contributed by atoms with van der Waals surface area (Å²) in [6.45, 7) is 3.14. The molecule has 4 heterocycles. The van der Waals surface area contributed by atoms with Crippen molar-refractivity contribution in [2.45, 2.75) is 20.0 Å². The summed E-state index contributed by atoms with van der Waals surface area (Å²) in [6.07, 6.45) is -4.99. The van der Waals surface area contributed by atoms with Crippen molar-refractivity contribution in [1.82, 2.24) is 4.90 Å². The number of anilines is 3. The molecule has 4 aliphatic heterocycles. The Kier molecular flexibility index (Phi) is 9.77. The Morgan fingerprint density at radius 1 is 0.403 bits per heavy atom. The first kappa shape index (κ1) is 44.8. The predicted molar refractivity (Wildman–Crippen MR) is 253 cm³/mol. The van der Waals surface area contributed by atoms with Crippen LogP contribution in [0.15, 0.2) is 127 Å². The molecular weight excluding hydrogens is 934 g/mol. The largest absolute Gasteiger partial charge is 0.478 e. The average Bonchev–Trinajstić information content (AvgIpc) is 3.95. The summed E-state index contributed by atoms with van der Waals surface area (Å²) in [5.41, 5.74) is 1.24. The first-order chi connectivity index (χ1) is 34.2. The van der Waals surface area contributed by atoms with Crippen LogP contribution < -0.4 is 14.7 Å². The van der Waals surface area contributed by atoms with Crippen molar-refractivity contribution in [2.24, 2.45) is 0 Å². The average molecular weight is 965 g/mol. The molecule has 0 atom stereocenters. The summed E-state index contributed by atoms with van der Waals surface area (Å²) in [5, 5.41) is 9.55. The van der Waals surface area contributed by atoms with Crippen molar-refractivity contribution in [2.75, 3.05) is 21.7 Å². The topological polar surface area (TPSA) is 187 Å². The van der Waals surface area contributed by atoms with E-state index in [0.717, 1.165) is 20.8 Å². The van der Waals surface area contributed by atoms with Crippen molar-refractivity contribution < 1.29 is 61.4 Å². The zero-order valence-electron chi connectivity index (χ0n) is 37.7. The number of amides is 8. The van der Waals surface area contributed by atoms with Crippen molar-refractivity contribution in [3.63, 3.8) is 0 Å². The molecule has 8 amide bonds. The zero-order valence-corrected chi connectivity index (χ0v) is 37.7. The molecule has 352 valence electrons. The van der Waals surface area contributed by atoms with Gasteiger partial charge in [0.25, 0.3) is 47.3 Å². The van der Waals surface area contributed by atoms with Crippen molar-refractivity contribution in [3.8, 4) is 33.4 Å². The number of carboxylic acids is 1. The standard InChI is InChI=1S/C55H31F3N4O10/c1-25-16-31(54(71)72)19-34(17-25)62-50(67)40-13-7-30(23-44(40)53(62)70)29-6-11-38-42(22-29)51(68)60(48(38)65)32-8-14-35(26(2)18-32)36-15-9-33(24-45(36)55(56,57)58)61-49(66)39-12-5-28(21-43(39)52(61)69)27-4-10-37-41(20-27)47(64)59(3)46(37)63/h4-24H,1-3H3,(H,71,72). The Balaban J connectivity index is 0.852. The van der Waals surface area contributed by atoms with E-state index in [-0.39, 0.29) is 83.8 Å². The molecule has 7 aromatic carbocycles. The van der Waals surface area contributed by atoms with Crippen LogP contribution in [0.4, 0.5) is 30.2 Å². The summed E-state index contributed by atoms with van der Waals surface area (Å²) in [5.74, 6) is -6.69. The van der Waals surface area contributed by atoms with Gasteiger partial charge in [0.2, 0.25) is 0 Å². The third-order valence-electron chi connectivity index (χ3n) is 13.3. The Morgan fingerprint density at radius 2 is 0.764 bits per heavy atom. The van der Waals surface area contributed by atoms with Crippen LogP contribution in [0.2, 0.25) is 0 Å². The number of benzene rings is 7. The highest BCUT2D eigenvalue weighted by Gasteiger charge is 2.42. The molecule has 0 bridgehead atoms. The van der Waals surface area contributed by atoms with Gasteiger partial charge in [0.1, 0.15) is 0 Å². The molecule has 1 N–H and O–H groups in total. The van der Waals surface area contributed by atoms with Gasteiger partial charge in [-0.05, 0) is 149 Å². The molecule has 4 aliphatic rings. The van der Waals surface area contributed by atoms with Crippen LogP contribution in [0.1, 0.15) is 110 Å². The van der Waals surface area contributed by atoms with Crippen molar-refractivity contribution >= 4 is 70.3 Å². The van der Waals surface area contributed by atoms with Gasteiger partial charge in [-0.15, -0.1) is 0 Å². The maximum absolute atomic E-state index is 15.0. The van der Waals surface area contributed by atoms with Crippen molar-refractivity contribution in [1.29, 1.82) is 0 Å². The molecule has 72 heavy (non-hydrogen) atoms. The molecule has 11 rings (SSSR count). The number of imide groups is 4. The second-order valence-electron chi connectivity index (χ2n) is 17.6. The summed E-state index contributed by atoms with van der Waals surface area (Å²) >= 11 is 0. The molecule has 14 nitrogen and oxygen atoms in total. The monoisotopic (exact) mass is 964 g/mol. The number of alkyl halides is 3. The maximum Gasteiger partial charge on any atom is 0.417 e. The van der Waals surface area contributed by atoms with Gasteiger partial charge in [-0.2, -0.15) is 13.2 Å². The second-order valence-corrected chi connectivity index (χ2v) is 17.6. The fourth-order valence-electron chi connectivity index (χ4n) is 9.75. The van der Waals surface area contributed by atoms with E-state index >= 15 is 0 Å². The first-order valence-electron chi connectivity index (χ1n) is 21.9. The van der Waals surface area contributed by atoms with E-state index in [0.29, 0.717) is 38.8 Å². The molecule has 0 aromatic heterocycles. The fourth-order valence-corrected chi connectivity index (χ4v) is 9.75. The van der Waals surface area contributed by atoms with E-state index in [1.54, 1.807) is 25.1 Å². The Labute approximate surface area is 404 Å². The molecule has 0 aliphatic carbocycles. The van der Waals surface area contributed by atoms with Crippen LogP contribution in [0.25, 0.3) is 33.4 Å². The van der Waals surface area contributed by atoms with Crippen LogP contribution in [0.5, 0.6) is 0 Å². The van der Waals surface area contributed by atoms with Gasteiger partial charge < -0.3 is 5.11 Å². The van der Waals surface area contributed by atoms with Gasteiger partial charge >= 0.3 is 12.1 Å². The van der Waals surface area contributed by atoms with Crippen LogP contribution in [0.3, 0.4) is 0 Å². The number of carbonyl (C=O) groups excluding carboxylic acids is 8. The quantitative estimate of drug-likeness (QED) is 0.151. The maximum atomic E-state index is 15.0. The fraction of sp³-hybridized carbons (Fsp3) is 0.0727. The molecular formula is C55H31F3N4O10. The van der Waals surface area contributed by atoms with Gasteiger partial charge in [0.05, 0.1) is 72.7 Å². The van der Waals surface area contributed by atoms with E-state index in [4.69, 9.17) is 0 Å². The molecule has 0 saturated carbocycles. The Hall–Kier alpha value is -9.64. The number of hydrogen-bond donors (Lipinski definition) is 1. The van der Waals surface area contributed by atoms with E-state index in [2.05, 4.69) is 0 Å². The summed E-state index contributed by atoms with van der Waals surface area (Å²) in [6, 6.07) is 29.1. The number of fused-ring (bicyclic) bond motifs is 4. The Bertz CT molecular complexity index is 3800. The number of halogens is 3. The zero-order chi connectivity index (χ0) is 51.0. The molecule has 0 saturated heterocycles. The van der Waals surface area contributed by atoms with Gasteiger partial charge in [0, 0.05) is 7.05 Å². The van der Waals surface area contributed by atoms with Gasteiger partial charge in [-0.3, -0.25) is 43.3 Å². The number of carboxylic acid groups (broad SMARTS) is 1. The number of hydrogen-bond acceptors (Lipinski definition) is 9. The van der Waals surface area contributed by atoms with Gasteiger partial charge in [-0.25, -0.2) is 19.5 Å². The lowest BCUT2D eigenvalue weighted by Gasteiger charge is -2.21. The van der Waals surface area contributed by atoms with E-state index < -0.39 is 65.0 Å². The van der Waals surface area contributed by atoms with Crippen molar-refractivity contribution in [3.05, 3.63) is 194 Å².